The molecule has 106 valence electrons. The predicted molar refractivity (Wildman–Crippen MR) is 82.8 cm³/mol. The topological polar surface area (TPSA) is 43.8 Å². The molecule has 0 aliphatic carbocycles. The Morgan fingerprint density at radius 1 is 1.35 bits per heavy atom. The van der Waals surface area contributed by atoms with Gasteiger partial charge in [-0.15, -0.1) is 0 Å². The zero-order chi connectivity index (χ0) is 14.3. The number of imidazole rings is 1. The third-order valence-electron chi connectivity index (χ3n) is 4.33. The van der Waals surface area contributed by atoms with Crippen LogP contribution in [0.15, 0.2) is 24.5 Å². The fraction of sp³-hybridized carbons (Fsp3) is 0.471. The second kappa shape index (κ2) is 5.06. The van der Waals surface area contributed by atoms with Gasteiger partial charge < -0.3 is 10.3 Å². The minimum atomic E-state index is 0.270. The van der Waals surface area contributed by atoms with Crippen molar-refractivity contribution in [1.82, 2.24) is 9.55 Å². The first kappa shape index (κ1) is 13.4. The molecule has 0 saturated carbocycles. The van der Waals surface area contributed by atoms with Gasteiger partial charge in [-0.2, -0.15) is 0 Å². The molecule has 2 N–H and O–H groups in total. The third-order valence-corrected chi connectivity index (χ3v) is 4.33. The molecule has 0 radical (unpaired) electrons. The first-order chi connectivity index (χ1) is 9.56. The van der Waals surface area contributed by atoms with Crippen LogP contribution in [-0.2, 0) is 13.0 Å². The summed E-state index contributed by atoms with van der Waals surface area (Å²) in [4.78, 5) is 4.67. The summed E-state index contributed by atoms with van der Waals surface area (Å²) in [6, 6.07) is 6.99. The van der Waals surface area contributed by atoms with Crippen LogP contribution in [0.25, 0.3) is 11.3 Å². The number of nitrogens with zero attached hydrogens (tertiary/aromatic N) is 2. The van der Waals surface area contributed by atoms with Crippen molar-refractivity contribution in [2.45, 2.75) is 52.1 Å². The first-order valence-electron chi connectivity index (χ1n) is 7.46. The zero-order valence-electron chi connectivity index (χ0n) is 12.6. The highest BCUT2D eigenvalue weighted by molar-refractivity contribution is 5.67. The van der Waals surface area contributed by atoms with Crippen molar-refractivity contribution < 1.29 is 0 Å². The highest BCUT2D eigenvalue weighted by atomic mass is 15.1. The molecule has 3 rings (SSSR count). The van der Waals surface area contributed by atoms with E-state index >= 15 is 0 Å². The number of hydrogen-bond acceptors (Lipinski definition) is 2. The van der Waals surface area contributed by atoms with Crippen LogP contribution in [0.5, 0.6) is 0 Å². The summed E-state index contributed by atoms with van der Waals surface area (Å²) in [6.07, 6.45) is 3.95. The summed E-state index contributed by atoms with van der Waals surface area (Å²) in [6.45, 7) is 7.61. The second-order valence-electron chi connectivity index (χ2n) is 6.22. The lowest BCUT2D eigenvalue weighted by Gasteiger charge is -2.21. The number of aromatic nitrogens is 2. The molecule has 2 aromatic rings. The summed E-state index contributed by atoms with van der Waals surface area (Å²) < 4.78 is 2.26. The molecule has 1 aliphatic rings. The van der Waals surface area contributed by atoms with Crippen LogP contribution >= 0.6 is 0 Å². The van der Waals surface area contributed by atoms with Crippen molar-refractivity contribution in [2.24, 2.45) is 5.73 Å². The molecule has 1 aromatic heterocycles. The maximum Gasteiger partial charge on any atom is 0.0956 e. The van der Waals surface area contributed by atoms with Gasteiger partial charge in [-0.3, -0.25) is 0 Å². The summed E-state index contributed by atoms with van der Waals surface area (Å²) in [5.74, 6) is 0.537. The molecule has 1 aliphatic heterocycles. The monoisotopic (exact) mass is 269 g/mol. The minimum Gasteiger partial charge on any atom is -0.334 e. The van der Waals surface area contributed by atoms with E-state index in [0.29, 0.717) is 5.92 Å². The number of rotatable bonds is 2. The molecule has 20 heavy (non-hydrogen) atoms. The van der Waals surface area contributed by atoms with E-state index in [1.54, 1.807) is 0 Å². The van der Waals surface area contributed by atoms with Gasteiger partial charge in [-0.1, -0.05) is 26.0 Å². The highest BCUT2D eigenvalue weighted by Crippen LogP contribution is 2.31. The molecule has 0 bridgehead atoms. The Morgan fingerprint density at radius 3 is 2.90 bits per heavy atom. The summed E-state index contributed by atoms with van der Waals surface area (Å²) >= 11 is 0. The lowest BCUT2D eigenvalue weighted by atomic mass is 9.94. The largest absolute Gasteiger partial charge is 0.334 e. The molecule has 3 nitrogen and oxygen atoms in total. The van der Waals surface area contributed by atoms with E-state index in [-0.39, 0.29) is 6.04 Å². The maximum absolute atomic E-state index is 6.13. The lowest BCUT2D eigenvalue weighted by molar-refractivity contribution is 0.472. The van der Waals surface area contributed by atoms with Gasteiger partial charge in [0.05, 0.1) is 12.0 Å². The third kappa shape index (κ3) is 2.27. The smallest absolute Gasteiger partial charge is 0.0956 e. The molecular weight excluding hydrogens is 246 g/mol. The van der Waals surface area contributed by atoms with Gasteiger partial charge >= 0.3 is 0 Å². The summed E-state index contributed by atoms with van der Waals surface area (Å²) in [7, 11) is 0. The number of hydrogen-bond donors (Lipinski definition) is 1. The molecule has 2 heterocycles. The fourth-order valence-electron chi connectivity index (χ4n) is 2.95. The highest BCUT2D eigenvalue weighted by Gasteiger charge is 2.21. The van der Waals surface area contributed by atoms with E-state index in [4.69, 9.17) is 5.73 Å². The van der Waals surface area contributed by atoms with Gasteiger partial charge in [-0.05, 0) is 36.5 Å². The normalized spacial score (nSPS) is 18.4. The SMILES string of the molecule is Cc1ccc(C(C)C)cc1-c1ncn2c1CC(N)CC2. The molecule has 1 unspecified atom stereocenters. The van der Waals surface area contributed by atoms with Crippen LogP contribution in [0.4, 0.5) is 0 Å². The molecule has 0 fully saturated rings. The molecular formula is C17H23N3. The lowest BCUT2D eigenvalue weighted by Crippen LogP contribution is -2.30. The van der Waals surface area contributed by atoms with E-state index < -0.39 is 0 Å². The number of fused-ring (bicyclic) bond motifs is 1. The van der Waals surface area contributed by atoms with Crippen LogP contribution < -0.4 is 5.73 Å². The summed E-state index contributed by atoms with van der Waals surface area (Å²) in [5, 5.41) is 0. The molecule has 3 heteroatoms. The van der Waals surface area contributed by atoms with Crippen LogP contribution in [0.1, 0.15) is 43.0 Å². The van der Waals surface area contributed by atoms with Crippen LogP contribution in [0.3, 0.4) is 0 Å². The number of aryl methyl sites for hydroxylation is 2. The Kier molecular flexibility index (Phi) is 3.38. The van der Waals surface area contributed by atoms with E-state index in [1.807, 2.05) is 6.33 Å². The van der Waals surface area contributed by atoms with Gasteiger partial charge in [0.25, 0.3) is 0 Å². The van der Waals surface area contributed by atoms with E-state index in [2.05, 4.69) is 48.5 Å². The molecule has 1 aromatic carbocycles. The quantitative estimate of drug-likeness (QED) is 0.909. The Labute approximate surface area is 120 Å². The second-order valence-corrected chi connectivity index (χ2v) is 6.22. The Bertz CT molecular complexity index is 625. The van der Waals surface area contributed by atoms with Crippen molar-refractivity contribution in [1.29, 1.82) is 0 Å². The van der Waals surface area contributed by atoms with Gasteiger partial charge in [0.2, 0.25) is 0 Å². The Morgan fingerprint density at radius 2 is 2.15 bits per heavy atom. The molecule has 0 spiro atoms. The van der Waals surface area contributed by atoms with E-state index in [1.165, 1.54) is 22.4 Å². The predicted octanol–water partition coefficient (Wildman–Crippen LogP) is 3.26. The van der Waals surface area contributed by atoms with Crippen molar-refractivity contribution in [2.75, 3.05) is 0 Å². The van der Waals surface area contributed by atoms with Crippen LogP contribution in [0, 0.1) is 6.92 Å². The number of nitrogens with two attached hydrogens (primary N) is 1. The average Bonchev–Trinajstić information content (AvgIpc) is 2.82. The van der Waals surface area contributed by atoms with Gasteiger partial charge in [-0.25, -0.2) is 4.98 Å². The minimum absolute atomic E-state index is 0.270. The Hall–Kier alpha value is -1.61. The first-order valence-corrected chi connectivity index (χ1v) is 7.46. The van der Waals surface area contributed by atoms with E-state index in [9.17, 15) is 0 Å². The van der Waals surface area contributed by atoms with Gasteiger partial charge in [0.15, 0.2) is 0 Å². The average molecular weight is 269 g/mol. The fourth-order valence-corrected chi connectivity index (χ4v) is 2.95. The number of benzene rings is 1. The molecule has 0 saturated heterocycles. The van der Waals surface area contributed by atoms with Crippen molar-refractivity contribution in [3.8, 4) is 11.3 Å². The maximum atomic E-state index is 6.13. The Balaban J connectivity index is 2.10. The standard InChI is InChI=1S/C17H23N3/c1-11(2)13-5-4-12(3)15(8-13)17-16-9-14(18)6-7-20(16)10-19-17/h4-5,8,10-11,14H,6-7,9,18H2,1-3H3. The summed E-state index contributed by atoms with van der Waals surface area (Å²) in [5.41, 5.74) is 12.5. The zero-order valence-corrected chi connectivity index (χ0v) is 12.6. The van der Waals surface area contributed by atoms with Crippen molar-refractivity contribution in [3.63, 3.8) is 0 Å². The molecule has 0 amide bonds. The van der Waals surface area contributed by atoms with Crippen molar-refractivity contribution in [3.05, 3.63) is 41.3 Å². The van der Waals surface area contributed by atoms with Crippen LogP contribution in [0.2, 0.25) is 0 Å². The van der Waals surface area contributed by atoms with Crippen molar-refractivity contribution >= 4 is 0 Å². The van der Waals surface area contributed by atoms with Gasteiger partial charge in [0, 0.05) is 30.3 Å². The molecule has 1 atom stereocenters. The van der Waals surface area contributed by atoms with E-state index in [0.717, 1.165) is 25.1 Å². The van der Waals surface area contributed by atoms with Gasteiger partial charge in [0.1, 0.15) is 0 Å². The van der Waals surface area contributed by atoms with Crippen LogP contribution in [-0.4, -0.2) is 15.6 Å².